The third kappa shape index (κ3) is 4.37. The molecule has 0 fully saturated rings. The van der Waals surface area contributed by atoms with Crippen molar-refractivity contribution in [1.82, 2.24) is 14.5 Å². The molecule has 2 aromatic rings. The lowest BCUT2D eigenvalue weighted by Crippen LogP contribution is -2.40. The van der Waals surface area contributed by atoms with Crippen molar-refractivity contribution in [3.05, 3.63) is 68.5 Å². The van der Waals surface area contributed by atoms with E-state index in [-0.39, 0.29) is 6.54 Å². The van der Waals surface area contributed by atoms with Gasteiger partial charge < -0.3 is 5.32 Å². The summed E-state index contributed by atoms with van der Waals surface area (Å²) >= 11 is 0. The summed E-state index contributed by atoms with van der Waals surface area (Å²) in [5, 5.41) is 2.60. The van der Waals surface area contributed by atoms with E-state index in [1.54, 1.807) is 6.92 Å². The van der Waals surface area contributed by atoms with Crippen LogP contribution in [-0.4, -0.2) is 15.0 Å². The van der Waals surface area contributed by atoms with E-state index in [0.29, 0.717) is 5.56 Å². The van der Waals surface area contributed by atoms with Crippen LogP contribution >= 0.6 is 0 Å². The van der Waals surface area contributed by atoms with Gasteiger partial charge in [-0.1, -0.05) is 12.1 Å². The zero-order chi connectivity index (χ0) is 18.8. The van der Waals surface area contributed by atoms with Crippen LogP contribution in [0.2, 0.25) is 0 Å². The molecule has 0 bridgehead atoms. The molecule has 0 saturated carbocycles. The van der Waals surface area contributed by atoms with Crippen molar-refractivity contribution in [2.75, 3.05) is 0 Å². The lowest BCUT2D eigenvalue weighted by Gasteiger charge is -2.16. The monoisotopic (exact) mass is 355 g/mol. The summed E-state index contributed by atoms with van der Waals surface area (Å²) in [6.45, 7) is 1.31. The van der Waals surface area contributed by atoms with Gasteiger partial charge in [-0.25, -0.2) is 4.79 Å². The quantitative estimate of drug-likeness (QED) is 0.902. The number of halogens is 3. The van der Waals surface area contributed by atoms with Crippen LogP contribution < -0.4 is 16.6 Å². The maximum absolute atomic E-state index is 12.5. The van der Waals surface area contributed by atoms with Gasteiger partial charge in [0.2, 0.25) is 5.91 Å². The maximum atomic E-state index is 12.5. The van der Waals surface area contributed by atoms with Crippen LogP contribution in [0.5, 0.6) is 0 Å². The fourth-order valence-corrected chi connectivity index (χ4v) is 2.22. The van der Waals surface area contributed by atoms with Crippen LogP contribution in [-0.2, 0) is 24.6 Å². The maximum Gasteiger partial charge on any atom is 0.416 e. The van der Waals surface area contributed by atoms with Crippen molar-refractivity contribution < 1.29 is 18.0 Å². The molecule has 1 amide bonds. The molecule has 0 saturated heterocycles. The van der Waals surface area contributed by atoms with Gasteiger partial charge in [0.15, 0.2) is 0 Å². The highest BCUT2D eigenvalue weighted by Crippen LogP contribution is 2.29. The first-order valence-electron chi connectivity index (χ1n) is 7.32. The van der Waals surface area contributed by atoms with E-state index in [0.717, 1.165) is 27.3 Å². The van der Waals surface area contributed by atoms with Crippen LogP contribution in [0.3, 0.4) is 0 Å². The van der Waals surface area contributed by atoms with Crippen molar-refractivity contribution in [2.24, 2.45) is 7.05 Å². The number of aromatic nitrogens is 2. The Bertz CT molecular complexity index is 882. The van der Waals surface area contributed by atoms with Gasteiger partial charge in [-0.3, -0.25) is 18.7 Å². The highest BCUT2D eigenvalue weighted by atomic mass is 19.4. The van der Waals surface area contributed by atoms with Crippen LogP contribution in [0.1, 0.15) is 24.1 Å². The van der Waals surface area contributed by atoms with Gasteiger partial charge in [-0.15, -0.1) is 0 Å². The Morgan fingerprint density at radius 2 is 1.76 bits per heavy atom. The third-order valence-electron chi connectivity index (χ3n) is 3.69. The Balaban J connectivity index is 2.07. The molecule has 0 spiro atoms. The number of hydrogen-bond donors (Lipinski definition) is 1. The number of amides is 1. The molecule has 1 heterocycles. The number of hydrogen-bond acceptors (Lipinski definition) is 3. The zero-order valence-corrected chi connectivity index (χ0v) is 13.5. The molecule has 0 aliphatic rings. The predicted octanol–water partition coefficient (Wildman–Crippen LogP) is 1.44. The predicted molar refractivity (Wildman–Crippen MR) is 83.9 cm³/mol. The van der Waals surface area contributed by atoms with Gasteiger partial charge in [-0.05, 0) is 24.6 Å². The number of alkyl halides is 3. The van der Waals surface area contributed by atoms with Crippen LogP contribution in [0.4, 0.5) is 13.2 Å². The molecule has 1 unspecified atom stereocenters. The Morgan fingerprint density at radius 3 is 2.32 bits per heavy atom. The van der Waals surface area contributed by atoms with E-state index in [9.17, 15) is 27.6 Å². The molecule has 134 valence electrons. The summed E-state index contributed by atoms with van der Waals surface area (Å²) in [7, 11) is 1.30. The van der Waals surface area contributed by atoms with Gasteiger partial charge in [0, 0.05) is 19.3 Å². The number of rotatable bonds is 4. The van der Waals surface area contributed by atoms with Gasteiger partial charge in [0.1, 0.15) is 6.54 Å². The smallest absolute Gasteiger partial charge is 0.348 e. The number of carbonyl (C=O) groups excluding carboxylic acids is 1. The molecule has 0 aliphatic heterocycles. The average molecular weight is 355 g/mol. The molecule has 0 radical (unpaired) electrons. The van der Waals surface area contributed by atoms with Crippen molar-refractivity contribution >= 4 is 5.91 Å². The number of nitrogens with one attached hydrogen (secondary N) is 1. The van der Waals surface area contributed by atoms with Crippen molar-refractivity contribution in [3.63, 3.8) is 0 Å². The standard InChI is InChI=1S/C16H16F3N3O3/c1-10(11-3-5-12(6-4-11)16(17,18)19)20-13(23)9-22-8-7-14(24)21(2)15(22)25/h3-8,10H,9H2,1-2H3,(H,20,23). The highest BCUT2D eigenvalue weighted by molar-refractivity contribution is 5.76. The second-order valence-corrected chi connectivity index (χ2v) is 5.53. The van der Waals surface area contributed by atoms with Gasteiger partial charge in [0.05, 0.1) is 11.6 Å². The Labute approximate surface area is 140 Å². The van der Waals surface area contributed by atoms with Crippen LogP contribution in [0, 0.1) is 0 Å². The average Bonchev–Trinajstić information content (AvgIpc) is 2.54. The van der Waals surface area contributed by atoms with Crippen LogP contribution in [0.25, 0.3) is 0 Å². The lowest BCUT2D eigenvalue weighted by molar-refractivity contribution is -0.137. The zero-order valence-electron chi connectivity index (χ0n) is 13.5. The molecule has 6 nitrogen and oxygen atoms in total. The first kappa shape index (κ1) is 18.5. The second kappa shape index (κ2) is 6.96. The first-order valence-corrected chi connectivity index (χ1v) is 7.32. The number of carbonyl (C=O) groups is 1. The Hall–Kier alpha value is -2.84. The summed E-state index contributed by atoms with van der Waals surface area (Å²) < 4.78 is 39.6. The number of benzene rings is 1. The molecular formula is C16H16F3N3O3. The summed E-state index contributed by atoms with van der Waals surface area (Å²) in [6.07, 6.45) is -3.21. The van der Waals surface area contributed by atoms with E-state index in [1.165, 1.54) is 25.4 Å². The van der Waals surface area contributed by atoms with E-state index >= 15 is 0 Å². The van der Waals surface area contributed by atoms with Gasteiger partial charge >= 0.3 is 11.9 Å². The summed E-state index contributed by atoms with van der Waals surface area (Å²) in [6, 6.07) is 5.06. The summed E-state index contributed by atoms with van der Waals surface area (Å²) in [5.74, 6) is -0.506. The van der Waals surface area contributed by atoms with E-state index in [2.05, 4.69) is 5.32 Å². The summed E-state index contributed by atoms with van der Waals surface area (Å²) in [5.41, 5.74) is -1.40. The van der Waals surface area contributed by atoms with E-state index in [1.807, 2.05) is 0 Å². The SMILES string of the molecule is CC(NC(=O)Cn1ccc(=O)n(C)c1=O)c1ccc(C(F)(F)F)cc1. The van der Waals surface area contributed by atoms with Crippen molar-refractivity contribution in [3.8, 4) is 0 Å². The normalized spacial score (nSPS) is 12.7. The molecule has 2 rings (SSSR count). The third-order valence-corrected chi connectivity index (χ3v) is 3.69. The van der Waals surface area contributed by atoms with Crippen molar-refractivity contribution in [2.45, 2.75) is 25.7 Å². The number of nitrogens with zero attached hydrogens (tertiary/aromatic N) is 2. The Morgan fingerprint density at radius 1 is 1.16 bits per heavy atom. The van der Waals surface area contributed by atoms with Crippen LogP contribution in [0.15, 0.2) is 46.1 Å². The highest BCUT2D eigenvalue weighted by Gasteiger charge is 2.30. The largest absolute Gasteiger partial charge is 0.416 e. The molecule has 1 aromatic heterocycles. The Kier molecular flexibility index (Phi) is 5.15. The first-order chi connectivity index (χ1) is 11.6. The fourth-order valence-electron chi connectivity index (χ4n) is 2.22. The molecule has 1 atom stereocenters. The molecule has 9 heteroatoms. The van der Waals surface area contributed by atoms with Crippen molar-refractivity contribution in [1.29, 1.82) is 0 Å². The summed E-state index contributed by atoms with van der Waals surface area (Å²) in [4.78, 5) is 35.2. The molecule has 1 aromatic carbocycles. The molecular weight excluding hydrogens is 339 g/mol. The fraction of sp³-hybridized carbons (Fsp3) is 0.312. The minimum atomic E-state index is -4.42. The van der Waals surface area contributed by atoms with Gasteiger partial charge in [0.25, 0.3) is 5.56 Å². The minimum Gasteiger partial charge on any atom is -0.348 e. The van der Waals surface area contributed by atoms with E-state index < -0.39 is 34.9 Å². The molecule has 0 aliphatic carbocycles. The second-order valence-electron chi connectivity index (χ2n) is 5.53. The topological polar surface area (TPSA) is 73.1 Å². The minimum absolute atomic E-state index is 0.308. The van der Waals surface area contributed by atoms with Gasteiger partial charge in [-0.2, -0.15) is 13.2 Å². The molecule has 1 N–H and O–H groups in total. The lowest BCUT2D eigenvalue weighted by atomic mass is 10.1. The van der Waals surface area contributed by atoms with E-state index in [4.69, 9.17) is 0 Å². The molecule has 25 heavy (non-hydrogen) atoms.